The third-order valence-electron chi connectivity index (χ3n) is 4.21. The monoisotopic (exact) mass is 419 g/mol. The smallest absolute Gasteiger partial charge is 0.340 e. The van der Waals surface area contributed by atoms with E-state index in [2.05, 4.69) is 15.5 Å². The highest BCUT2D eigenvalue weighted by Crippen LogP contribution is 2.22. The Hall–Kier alpha value is -3.78. The van der Waals surface area contributed by atoms with Crippen molar-refractivity contribution in [3.63, 3.8) is 0 Å². The number of hydrogen-bond donors (Lipinski definition) is 1. The number of ether oxygens (including phenoxy) is 1. The van der Waals surface area contributed by atoms with Gasteiger partial charge in [-0.05, 0) is 42.6 Å². The molecule has 0 radical (unpaired) electrons. The topological polar surface area (TPSA) is 94.3 Å². The van der Waals surface area contributed by atoms with Crippen LogP contribution in [0.3, 0.4) is 0 Å². The Bertz CT molecular complexity index is 1180. The molecule has 0 aliphatic carbocycles. The maximum absolute atomic E-state index is 12.6. The van der Waals surface area contributed by atoms with Gasteiger partial charge in [-0.1, -0.05) is 41.1 Å². The second kappa shape index (κ2) is 8.71. The Labute approximate surface area is 176 Å². The lowest BCUT2D eigenvalue weighted by molar-refractivity contribution is 0.0431. The fourth-order valence-corrected chi connectivity index (χ4v) is 3.42. The van der Waals surface area contributed by atoms with Gasteiger partial charge in [-0.15, -0.1) is 11.3 Å². The highest BCUT2D eigenvalue weighted by Gasteiger charge is 2.17. The van der Waals surface area contributed by atoms with E-state index in [1.165, 1.54) is 11.3 Å². The van der Waals surface area contributed by atoms with Gasteiger partial charge in [0.2, 0.25) is 5.82 Å². The summed E-state index contributed by atoms with van der Waals surface area (Å²) >= 11 is 1.48. The van der Waals surface area contributed by atoms with Gasteiger partial charge in [0.25, 0.3) is 11.8 Å². The zero-order chi connectivity index (χ0) is 20.9. The van der Waals surface area contributed by atoms with Gasteiger partial charge in [0.05, 0.1) is 16.1 Å². The van der Waals surface area contributed by atoms with E-state index in [0.29, 0.717) is 17.1 Å². The van der Waals surface area contributed by atoms with E-state index >= 15 is 0 Å². The highest BCUT2D eigenvalue weighted by atomic mass is 32.1. The number of amides is 1. The molecular formula is C22H17N3O4S. The van der Waals surface area contributed by atoms with Crippen LogP contribution in [0.15, 0.2) is 70.6 Å². The fraction of sp³-hybridized carbons (Fsp3) is 0.0909. The summed E-state index contributed by atoms with van der Waals surface area (Å²) in [6.07, 6.45) is 0. The summed E-state index contributed by atoms with van der Waals surface area (Å²) in [6.45, 7) is 1.74. The predicted molar refractivity (Wildman–Crippen MR) is 112 cm³/mol. The van der Waals surface area contributed by atoms with E-state index in [0.717, 1.165) is 10.4 Å². The van der Waals surface area contributed by atoms with E-state index in [4.69, 9.17) is 9.26 Å². The van der Waals surface area contributed by atoms with Crippen LogP contribution in [0.1, 0.15) is 32.2 Å². The Morgan fingerprint density at radius 2 is 1.97 bits per heavy atom. The molecule has 0 fully saturated rings. The standard InChI is InChI=1S/C22H17N3O4S/c1-14-6-4-7-15(12-14)21(26)23-17-9-3-2-8-16(17)22(27)28-13-19-24-20(25-29-19)18-10-5-11-30-18/h2-12H,13H2,1H3,(H,23,26). The third kappa shape index (κ3) is 4.44. The number of rotatable bonds is 6. The quantitative estimate of drug-likeness (QED) is 0.455. The van der Waals surface area contributed by atoms with Crippen molar-refractivity contribution in [1.29, 1.82) is 0 Å². The van der Waals surface area contributed by atoms with Crippen LogP contribution in [0.2, 0.25) is 0 Å². The van der Waals surface area contributed by atoms with Crippen molar-refractivity contribution < 1.29 is 18.8 Å². The first-order valence-electron chi connectivity index (χ1n) is 9.11. The first-order valence-corrected chi connectivity index (χ1v) is 9.99. The summed E-state index contributed by atoms with van der Waals surface area (Å²) in [5.41, 5.74) is 2.07. The lowest BCUT2D eigenvalue weighted by atomic mass is 10.1. The number of nitrogens with one attached hydrogen (secondary N) is 1. The average Bonchev–Trinajstić information content (AvgIpc) is 3.44. The number of carbonyl (C=O) groups excluding carboxylic acids is 2. The SMILES string of the molecule is Cc1cccc(C(=O)Nc2ccccc2C(=O)OCc2nc(-c3cccs3)no2)c1. The molecule has 1 N–H and O–H groups in total. The van der Waals surface area contributed by atoms with Crippen molar-refractivity contribution in [1.82, 2.24) is 10.1 Å². The molecule has 0 bridgehead atoms. The van der Waals surface area contributed by atoms with E-state index in [9.17, 15) is 9.59 Å². The van der Waals surface area contributed by atoms with Crippen molar-refractivity contribution in [3.05, 3.63) is 88.6 Å². The first kappa shape index (κ1) is 19.5. The molecule has 0 saturated heterocycles. The highest BCUT2D eigenvalue weighted by molar-refractivity contribution is 7.13. The lowest BCUT2D eigenvalue weighted by Gasteiger charge is -2.10. The Kier molecular flexibility index (Phi) is 5.67. The van der Waals surface area contributed by atoms with Gasteiger partial charge in [-0.3, -0.25) is 4.79 Å². The van der Waals surface area contributed by atoms with Crippen LogP contribution >= 0.6 is 11.3 Å². The molecule has 2 aromatic heterocycles. The number of para-hydroxylation sites is 1. The zero-order valence-corrected chi connectivity index (χ0v) is 16.8. The van der Waals surface area contributed by atoms with Crippen molar-refractivity contribution in [2.75, 3.05) is 5.32 Å². The zero-order valence-electron chi connectivity index (χ0n) is 16.0. The number of anilines is 1. The van der Waals surface area contributed by atoms with Gasteiger partial charge in [0.1, 0.15) is 0 Å². The van der Waals surface area contributed by atoms with Gasteiger partial charge in [-0.25, -0.2) is 4.79 Å². The third-order valence-corrected chi connectivity index (χ3v) is 5.08. The maximum atomic E-state index is 12.6. The molecule has 0 saturated carbocycles. The van der Waals surface area contributed by atoms with Crippen molar-refractivity contribution in [3.8, 4) is 10.7 Å². The number of thiophene rings is 1. The van der Waals surface area contributed by atoms with Crippen molar-refractivity contribution in [2.45, 2.75) is 13.5 Å². The Morgan fingerprint density at radius 1 is 1.10 bits per heavy atom. The van der Waals surface area contributed by atoms with Gasteiger partial charge in [-0.2, -0.15) is 4.98 Å². The van der Waals surface area contributed by atoms with Crippen LogP contribution in [0, 0.1) is 6.92 Å². The molecule has 1 amide bonds. The number of nitrogens with zero attached hydrogens (tertiary/aromatic N) is 2. The number of carbonyl (C=O) groups is 2. The minimum Gasteiger partial charge on any atom is -0.452 e. The maximum Gasteiger partial charge on any atom is 0.340 e. The molecule has 8 heteroatoms. The molecule has 4 aromatic rings. The van der Waals surface area contributed by atoms with E-state index < -0.39 is 5.97 Å². The summed E-state index contributed by atoms with van der Waals surface area (Å²) in [5, 5.41) is 8.56. The summed E-state index contributed by atoms with van der Waals surface area (Å²) in [7, 11) is 0. The van der Waals surface area contributed by atoms with E-state index in [-0.39, 0.29) is 24.0 Å². The molecule has 150 valence electrons. The van der Waals surface area contributed by atoms with Crippen LogP contribution in [-0.4, -0.2) is 22.0 Å². The minimum absolute atomic E-state index is 0.169. The summed E-state index contributed by atoms with van der Waals surface area (Å²) in [6, 6.07) is 17.6. The van der Waals surface area contributed by atoms with Crippen LogP contribution in [0.25, 0.3) is 10.7 Å². The van der Waals surface area contributed by atoms with Crippen molar-refractivity contribution >= 4 is 28.9 Å². The van der Waals surface area contributed by atoms with E-state index in [1.807, 2.05) is 30.5 Å². The molecule has 0 aliphatic heterocycles. The normalized spacial score (nSPS) is 10.6. The Morgan fingerprint density at radius 3 is 2.77 bits per heavy atom. The first-order chi connectivity index (χ1) is 14.6. The van der Waals surface area contributed by atoms with Crippen LogP contribution in [-0.2, 0) is 11.3 Å². The van der Waals surface area contributed by atoms with Crippen molar-refractivity contribution in [2.24, 2.45) is 0 Å². The molecule has 30 heavy (non-hydrogen) atoms. The fourth-order valence-electron chi connectivity index (χ4n) is 2.78. The van der Waals surface area contributed by atoms with Crippen LogP contribution in [0.4, 0.5) is 5.69 Å². The summed E-state index contributed by atoms with van der Waals surface area (Å²) < 4.78 is 10.4. The largest absolute Gasteiger partial charge is 0.452 e. The molecular weight excluding hydrogens is 402 g/mol. The summed E-state index contributed by atoms with van der Waals surface area (Å²) in [4.78, 5) is 30.2. The predicted octanol–water partition coefficient (Wildman–Crippen LogP) is 4.72. The average molecular weight is 419 g/mol. The molecule has 0 aliphatic rings. The van der Waals surface area contributed by atoms with Gasteiger partial charge in [0, 0.05) is 5.56 Å². The molecule has 7 nitrogen and oxygen atoms in total. The second-order valence-electron chi connectivity index (χ2n) is 6.43. The molecule has 0 unspecified atom stereocenters. The molecule has 4 rings (SSSR count). The molecule has 2 heterocycles. The Balaban J connectivity index is 1.44. The summed E-state index contributed by atoms with van der Waals surface area (Å²) in [5.74, 6) is -0.280. The molecule has 2 aromatic carbocycles. The number of aryl methyl sites for hydroxylation is 1. The van der Waals surface area contributed by atoms with Crippen LogP contribution < -0.4 is 5.32 Å². The number of esters is 1. The van der Waals surface area contributed by atoms with Gasteiger partial charge < -0.3 is 14.6 Å². The molecule has 0 atom stereocenters. The number of benzene rings is 2. The number of hydrogen-bond acceptors (Lipinski definition) is 7. The minimum atomic E-state index is -0.606. The van der Waals surface area contributed by atoms with Crippen LogP contribution in [0.5, 0.6) is 0 Å². The van der Waals surface area contributed by atoms with Gasteiger partial charge >= 0.3 is 5.97 Å². The molecule has 0 spiro atoms. The van der Waals surface area contributed by atoms with Gasteiger partial charge in [0.15, 0.2) is 6.61 Å². The lowest BCUT2D eigenvalue weighted by Crippen LogP contribution is -2.16. The number of aromatic nitrogens is 2. The van der Waals surface area contributed by atoms with E-state index in [1.54, 1.807) is 42.5 Å². The second-order valence-corrected chi connectivity index (χ2v) is 7.38.